The second-order valence-electron chi connectivity index (χ2n) is 6.00. The molecular formula is C17H18BrN3O4S2. The Morgan fingerprint density at radius 1 is 1.04 bits per heavy atom. The number of piperazine rings is 1. The molecule has 0 saturated carbocycles. The van der Waals surface area contributed by atoms with Crippen LogP contribution >= 0.6 is 27.3 Å². The van der Waals surface area contributed by atoms with Crippen LogP contribution in [0.2, 0.25) is 0 Å². The van der Waals surface area contributed by atoms with E-state index in [-0.39, 0.29) is 29.8 Å². The van der Waals surface area contributed by atoms with Crippen molar-refractivity contribution in [3.63, 3.8) is 0 Å². The number of carbonyl (C=O) groups is 2. The number of hydrogen-bond donors (Lipinski definition) is 1. The lowest BCUT2D eigenvalue weighted by molar-refractivity contribution is -0.114. The van der Waals surface area contributed by atoms with Crippen LogP contribution in [0.25, 0.3) is 0 Å². The number of carbonyl (C=O) groups excluding carboxylic acids is 2. The first-order valence-electron chi connectivity index (χ1n) is 8.20. The van der Waals surface area contributed by atoms with Gasteiger partial charge in [0.1, 0.15) is 0 Å². The molecule has 0 unspecified atom stereocenters. The number of sulfonamides is 1. The Bertz CT molecular complexity index is 949. The van der Waals surface area contributed by atoms with Crippen molar-refractivity contribution in [2.45, 2.75) is 11.8 Å². The Labute approximate surface area is 170 Å². The summed E-state index contributed by atoms with van der Waals surface area (Å²) in [4.78, 5) is 26.1. The summed E-state index contributed by atoms with van der Waals surface area (Å²) in [6.07, 6.45) is 0. The predicted molar refractivity (Wildman–Crippen MR) is 107 cm³/mol. The van der Waals surface area contributed by atoms with Gasteiger partial charge in [-0.15, -0.1) is 11.3 Å². The van der Waals surface area contributed by atoms with Gasteiger partial charge >= 0.3 is 0 Å². The van der Waals surface area contributed by atoms with Gasteiger partial charge in [0.05, 0.1) is 14.8 Å². The van der Waals surface area contributed by atoms with Crippen molar-refractivity contribution in [1.82, 2.24) is 9.21 Å². The van der Waals surface area contributed by atoms with Gasteiger partial charge in [0.15, 0.2) is 0 Å². The zero-order chi connectivity index (χ0) is 19.6. The number of halogens is 1. The molecule has 10 heteroatoms. The molecule has 7 nitrogen and oxygen atoms in total. The van der Waals surface area contributed by atoms with Crippen LogP contribution in [0.15, 0.2) is 45.8 Å². The van der Waals surface area contributed by atoms with Crippen LogP contribution in [-0.2, 0) is 14.8 Å². The summed E-state index contributed by atoms with van der Waals surface area (Å²) in [7, 11) is -3.57. The summed E-state index contributed by atoms with van der Waals surface area (Å²) in [5.41, 5.74) is 0. The Morgan fingerprint density at radius 2 is 1.67 bits per heavy atom. The molecule has 1 aliphatic heterocycles. The molecule has 2 aromatic rings. The summed E-state index contributed by atoms with van der Waals surface area (Å²) in [6, 6.07) is 9.86. The smallest absolute Gasteiger partial charge is 0.264 e. The number of thiophene rings is 1. The van der Waals surface area contributed by atoms with Crippen LogP contribution in [0, 0.1) is 0 Å². The Hall–Kier alpha value is -1.75. The number of nitrogens with one attached hydrogen (secondary N) is 1. The van der Waals surface area contributed by atoms with E-state index in [4.69, 9.17) is 0 Å². The molecule has 2 amide bonds. The normalized spacial score (nSPS) is 15.6. The van der Waals surface area contributed by atoms with Gasteiger partial charge in [0.2, 0.25) is 15.9 Å². The maximum Gasteiger partial charge on any atom is 0.264 e. The first-order chi connectivity index (χ1) is 12.8. The molecule has 0 aliphatic carbocycles. The summed E-state index contributed by atoms with van der Waals surface area (Å²) in [6.45, 7) is 2.54. The van der Waals surface area contributed by atoms with Crippen molar-refractivity contribution in [1.29, 1.82) is 0 Å². The zero-order valence-electron chi connectivity index (χ0n) is 14.5. The number of nitrogens with zero attached hydrogens (tertiary/aromatic N) is 2. The quantitative estimate of drug-likeness (QED) is 0.742. The summed E-state index contributed by atoms with van der Waals surface area (Å²) >= 11 is 4.50. The minimum atomic E-state index is -3.57. The third kappa shape index (κ3) is 4.57. The minimum Gasteiger partial charge on any atom is -0.335 e. The second kappa shape index (κ2) is 8.09. The predicted octanol–water partition coefficient (Wildman–Crippen LogP) is 2.62. The van der Waals surface area contributed by atoms with E-state index in [1.165, 1.54) is 22.6 Å². The van der Waals surface area contributed by atoms with Gasteiger partial charge in [-0.2, -0.15) is 4.31 Å². The van der Waals surface area contributed by atoms with Gasteiger partial charge < -0.3 is 10.2 Å². The lowest BCUT2D eigenvalue weighted by Gasteiger charge is -2.33. The van der Waals surface area contributed by atoms with Crippen molar-refractivity contribution in [3.05, 3.63) is 45.7 Å². The number of rotatable bonds is 4. The topological polar surface area (TPSA) is 86.8 Å². The van der Waals surface area contributed by atoms with Crippen LogP contribution < -0.4 is 5.32 Å². The van der Waals surface area contributed by atoms with Crippen LogP contribution in [0.1, 0.15) is 16.6 Å². The summed E-state index contributed by atoms with van der Waals surface area (Å²) in [5, 5.41) is 3.26. The SMILES string of the molecule is CC(=O)Nc1ccc(C(=O)N2CCN(S(=O)(=O)c3ccc(Br)cc3)CC2)s1. The van der Waals surface area contributed by atoms with Crippen LogP contribution in [0.5, 0.6) is 0 Å². The van der Waals surface area contributed by atoms with Crippen LogP contribution in [-0.4, -0.2) is 55.6 Å². The lowest BCUT2D eigenvalue weighted by atomic mass is 10.3. The van der Waals surface area contributed by atoms with Gasteiger partial charge in [-0.05, 0) is 36.4 Å². The fourth-order valence-electron chi connectivity index (χ4n) is 2.74. The van der Waals surface area contributed by atoms with Crippen molar-refractivity contribution in [3.8, 4) is 0 Å². The molecule has 0 bridgehead atoms. The zero-order valence-corrected chi connectivity index (χ0v) is 17.7. The third-order valence-corrected chi connectivity index (χ3v) is 7.52. The maximum absolute atomic E-state index is 12.7. The molecule has 1 aliphatic rings. The molecule has 1 N–H and O–H groups in total. The molecule has 27 heavy (non-hydrogen) atoms. The third-order valence-electron chi connectivity index (χ3n) is 4.09. The second-order valence-corrected chi connectivity index (χ2v) is 9.93. The van der Waals surface area contributed by atoms with Crippen LogP contribution in [0.4, 0.5) is 5.00 Å². The lowest BCUT2D eigenvalue weighted by Crippen LogP contribution is -2.50. The van der Waals surface area contributed by atoms with E-state index in [9.17, 15) is 18.0 Å². The monoisotopic (exact) mass is 471 g/mol. The highest BCUT2D eigenvalue weighted by molar-refractivity contribution is 9.10. The van der Waals surface area contributed by atoms with E-state index in [2.05, 4.69) is 21.2 Å². The fraction of sp³-hybridized carbons (Fsp3) is 0.294. The van der Waals surface area contributed by atoms with E-state index in [1.54, 1.807) is 41.3 Å². The largest absolute Gasteiger partial charge is 0.335 e. The highest BCUT2D eigenvalue weighted by Crippen LogP contribution is 2.25. The number of anilines is 1. The van der Waals surface area contributed by atoms with Gasteiger partial charge in [-0.3, -0.25) is 9.59 Å². The molecule has 3 rings (SSSR count). The molecule has 0 atom stereocenters. The van der Waals surface area contributed by atoms with Crippen molar-refractivity contribution >= 4 is 54.1 Å². The molecule has 2 heterocycles. The highest BCUT2D eigenvalue weighted by atomic mass is 79.9. The molecule has 0 radical (unpaired) electrons. The Kier molecular flexibility index (Phi) is 5.99. The molecule has 0 spiro atoms. The van der Waals surface area contributed by atoms with E-state index in [0.717, 1.165) is 4.47 Å². The average molecular weight is 472 g/mol. The number of benzene rings is 1. The van der Waals surface area contributed by atoms with E-state index < -0.39 is 10.0 Å². The molecule has 144 valence electrons. The van der Waals surface area contributed by atoms with Crippen LogP contribution in [0.3, 0.4) is 0 Å². The molecule has 1 aromatic heterocycles. The Morgan fingerprint density at radius 3 is 2.26 bits per heavy atom. The maximum atomic E-state index is 12.7. The van der Waals surface area contributed by atoms with Crippen molar-refractivity contribution in [2.24, 2.45) is 0 Å². The van der Waals surface area contributed by atoms with Crippen molar-refractivity contribution < 1.29 is 18.0 Å². The molecule has 1 aromatic carbocycles. The number of amides is 2. The summed E-state index contributed by atoms with van der Waals surface area (Å²) < 4.78 is 27.7. The molecule has 1 saturated heterocycles. The average Bonchev–Trinajstić information content (AvgIpc) is 3.09. The van der Waals surface area contributed by atoms with Gasteiger partial charge in [0, 0.05) is 37.6 Å². The fourth-order valence-corrected chi connectivity index (χ4v) is 5.34. The standard InChI is InChI=1S/C17H18BrN3O4S2/c1-12(22)19-16-7-6-15(26-16)17(23)20-8-10-21(11-9-20)27(24,25)14-4-2-13(18)3-5-14/h2-7H,8-11H2,1H3,(H,19,22). The van der Waals surface area contributed by atoms with Gasteiger partial charge in [-0.1, -0.05) is 15.9 Å². The van der Waals surface area contributed by atoms with E-state index in [0.29, 0.717) is 23.0 Å². The van der Waals surface area contributed by atoms with Crippen molar-refractivity contribution in [2.75, 3.05) is 31.5 Å². The van der Waals surface area contributed by atoms with Gasteiger partial charge in [0.25, 0.3) is 5.91 Å². The number of hydrogen-bond acceptors (Lipinski definition) is 5. The highest BCUT2D eigenvalue weighted by Gasteiger charge is 2.30. The van der Waals surface area contributed by atoms with Gasteiger partial charge in [-0.25, -0.2) is 8.42 Å². The molecule has 1 fully saturated rings. The summed E-state index contributed by atoms with van der Waals surface area (Å²) in [5.74, 6) is -0.347. The minimum absolute atomic E-state index is 0.155. The Balaban J connectivity index is 1.64. The molecular weight excluding hydrogens is 454 g/mol. The van der Waals surface area contributed by atoms with E-state index >= 15 is 0 Å². The first kappa shape index (κ1) is 20.0. The first-order valence-corrected chi connectivity index (χ1v) is 11.2. The van der Waals surface area contributed by atoms with E-state index in [1.807, 2.05) is 0 Å².